The van der Waals surface area contributed by atoms with E-state index < -0.39 is 10.0 Å². The molecule has 2 N–H and O–H groups in total. The van der Waals surface area contributed by atoms with E-state index >= 15 is 0 Å². The third kappa shape index (κ3) is 1.45. The van der Waals surface area contributed by atoms with Gasteiger partial charge in [-0.2, -0.15) is 4.73 Å². The van der Waals surface area contributed by atoms with Crippen LogP contribution >= 0.6 is 0 Å². The summed E-state index contributed by atoms with van der Waals surface area (Å²) < 4.78 is 26.0. The topological polar surface area (TPSA) is 84.2 Å². The molecule has 6 nitrogen and oxygen atoms in total. The van der Waals surface area contributed by atoms with Gasteiger partial charge in [0.1, 0.15) is 15.9 Å². The van der Waals surface area contributed by atoms with Gasteiger partial charge in [-0.05, 0) is 19.2 Å². The minimum atomic E-state index is -3.60. The largest absolute Gasteiger partial charge is 0.428 e. The molecule has 0 fully saturated rings. The third-order valence-electron chi connectivity index (χ3n) is 2.06. The molecule has 15 heavy (non-hydrogen) atoms. The fourth-order valence-corrected chi connectivity index (χ4v) is 2.19. The first kappa shape index (κ1) is 9.94. The summed E-state index contributed by atoms with van der Waals surface area (Å²) in [5.41, 5.74) is 0.598. The van der Waals surface area contributed by atoms with E-state index in [1.807, 2.05) is 0 Å². The summed E-state index contributed by atoms with van der Waals surface area (Å²) in [6.07, 6.45) is 2.58. The maximum absolute atomic E-state index is 11.6. The van der Waals surface area contributed by atoms with Gasteiger partial charge in [-0.15, -0.1) is 0 Å². The van der Waals surface area contributed by atoms with Crippen LogP contribution in [0.2, 0.25) is 0 Å². The summed E-state index contributed by atoms with van der Waals surface area (Å²) in [6, 6.07) is 3.20. The molecule has 0 unspecified atom stereocenters. The lowest BCUT2D eigenvalue weighted by molar-refractivity contribution is 0.198. The van der Waals surface area contributed by atoms with E-state index in [4.69, 9.17) is 0 Å². The minimum Gasteiger partial charge on any atom is -0.428 e. The van der Waals surface area contributed by atoms with Crippen molar-refractivity contribution >= 4 is 21.1 Å². The van der Waals surface area contributed by atoms with E-state index in [2.05, 4.69) is 9.71 Å². The Bertz CT molecular complexity index is 603. The molecule has 0 atom stereocenters. The predicted octanol–water partition coefficient (Wildman–Crippen LogP) is 0.182. The molecule has 0 spiro atoms. The Hall–Kier alpha value is -1.60. The molecule has 0 aromatic carbocycles. The molecule has 2 aromatic rings. The zero-order valence-electron chi connectivity index (χ0n) is 7.88. The summed E-state index contributed by atoms with van der Waals surface area (Å²) in [5.74, 6) is 0. The van der Waals surface area contributed by atoms with Crippen LogP contribution in [0.5, 0.6) is 0 Å². The third-order valence-corrected chi connectivity index (χ3v) is 3.48. The Kier molecular flexibility index (Phi) is 2.13. The van der Waals surface area contributed by atoms with Crippen molar-refractivity contribution in [3.8, 4) is 0 Å². The maximum atomic E-state index is 11.6. The fraction of sp³-hybridized carbons (Fsp3) is 0.125. The minimum absolute atomic E-state index is 0.0388. The number of pyridine rings is 1. The smallest absolute Gasteiger partial charge is 0.244 e. The number of rotatable bonds is 2. The van der Waals surface area contributed by atoms with E-state index in [1.54, 1.807) is 12.1 Å². The molecular formula is C8H9N3O3S. The van der Waals surface area contributed by atoms with Gasteiger partial charge in [-0.25, -0.2) is 13.1 Å². The van der Waals surface area contributed by atoms with Crippen LogP contribution in [0.15, 0.2) is 29.4 Å². The van der Waals surface area contributed by atoms with Crippen molar-refractivity contribution in [1.82, 2.24) is 14.4 Å². The second-order valence-corrected chi connectivity index (χ2v) is 4.77. The Labute approximate surface area is 86.2 Å². The molecule has 0 aliphatic carbocycles. The maximum Gasteiger partial charge on any atom is 0.244 e. The first-order valence-electron chi connectivity index (χ1n) is 4.15. The van der Waals surface area contributed by atoms with Crippen molar-refractivity contribution in [2.45, 2.75) is 4.90 Å². The second kappa shape index (κ2) is 3.21. The molecule has 0 aliphatic rings. The van der Waals surface area contributed by atoms with E-state index in [1.165, 1.54) is 13.2 Å². The predicted molar refractivity (Wildman–Crippen MR) is 53.2 cm³/mol. The standard InChI is InChI=1S/C8H9N3O3S/c1-9-15(13,14)7-5-11(12)6-3-2-4-10-8(6)7/h2-5,9,12H,1H3. The number of fused-ring (bicyclic) bond motifs is 1. The molecule has 0 saturated heterocycles. The SMILES string of the molecule is CNS(=O)(=O)c1cn(O)c2cccnc12. The zero-order chi connectivity index (χ0) is 11.1. The van der Waals surface area contributed by atoms with Gasteiger partial charge in [0.2, 0.25) is 10.0 Å². The lowest BCUT2D eigenvalue weighted by Crippen LogP contribution is -2.18. The molecule has 0 radical (unpaired) electrons. The van der Waals surface area contributed by atoms with Crippen molar-refractivity contribution in [2.24, 2.45) is 0 Å². The lowest BCUT2D eigenvalue weighted by atomic mass is 10.4. The monoisotopic (exact) mass is 227 g/mol. The molecule has 80 valence electrons. The molecule has 0 saturated carbocycles. The first-order valence-corrected chi connectivity index (χ1v) is 5.63. The van der Waals surface area contributed by atoms with Gasteiger partial charge in [-0.1, -0.05) is 0 Å². The molecule has 0 bridgehead atoms. The van der Waals surface area contributed by atoms with Crippen LogP contribution in [-0.4, -0.2) is 30.4 Å². The molecular weight excluding hydrogens is 218 g/mol. The van der Waals surface area contributed by atoms with Crippen LogP contribution in [0.3, 0.4) is 0 Å². The molecule has 2 rings (SSSR count). The van der Waals surface area contributed by atoms with Crippen molar-refractivity contribution in [3.63, 3.8) is 0 Å². The summed E-state index contributed by atoms with van der Waals surface area (Å²) in [4.78, 5) is 3.88. The number of nitrogens with zero attached hydrogens (tertiary/aromatic N) is 2. The Morgan fingerprint density at radius 3 is 2.93 bits per heavy atom. The van der Waals surface area contributed by atoms with Crippen LogP contribution in [0.1, 0.15) is 0 Å². The van der Waals surface area contributed by atoms with Gasteiger partial charge in [0, 0.05) is 6.20 Å². The highest BCUT2D eigenvalue weighted by molar-refractivity contribution is 7.89. The van der Waals surface area contributed by atoms with E-state index in [9.17, 15) is 13.6 Å². The van der Waals surface area contributed by atoms with E-state index in [0.717, 1.165) is 10.9 Å². The number of hydrogen-bond acceptors (Lipinski definition) is 4. The van der Waals surface area contributed by atoms with Crippen molar-refractivity contribution in [2.75, 3.05) is 7.05 Å². The van der Waals surface area contributed by atoms with Gasteiger partial charge in [0.25, 0.3) is 0 Å². The second-order valence-electron chi connectivity index (χ2n) is 2.92. The summed E-state index contributed by atoms with van der Waals surface area (Å²) in [6.45, 7) is 0. The van der Waals surface area contributed by atoms with Crippen molar-refractivity contribution in [3.05, 3.63) is 24.5 Å². The lowest BCUT2D eigenvalue weighted by Gasteiger charge is -1.97. The first-order chi connectivity index (χ1) is 7.06. The van der Waals surface area contributed by atoms with Gasteiger partial charge in [0.15, 0.2) is 0 Å². The average molecular weight is 227 g/mol. The summed E-state index contributed by atoms with van der Waals surface area (Å²) in [5, 5.41) is 9.44. The Morgan fingerprint density at radius 2 is 2.27 bits per heavy atom. The van der Waals surface area contributed by atoms with Gasteiger partial charge >= 0.3 is 0 Å². The van der Waals surface area contributed by atoms with E-state index in [-0.39, 0.29) is 10.4 Å². The van der Waals surface area contributed by atoms with Crippen LogP contribution in [0.25, 0.3) is 11.0 Å². The van der Waals surface area contributed by atoms with Crippen molar-refractivity contribution < 1.29 is 13.6 Å². The number of hydrogen-bond donors (Lipinski definition) is 2. The number of nitrogens with one attached hydrogen (secondary N) is 1. The highest BCUT2D eigenvalue weighted by Crippen LogP contribution is 2.21. The Morgan fingerprint density at radius 1 is 1.53 bits per heavy atom. The van der Waals surface area contributed by atoms with Gasteiger partial charge < -0.3 is 5.21 Å². The Balaban J connectivity index is 2.84. The summed E-state index contributed by atoms with van der Waals surface area (Å²) >= 11 is 0. The molecule has 0 amide bonds. The van der Waals surface area contributed by atoms with Crippen LogP contribution < -0.4 is 4.72 Å². The highest BCUT2D eigenvalue weighted by Gasteiger charge is 2.20. The fourth-order valence-electron chi connectivity index (χ4n) is 1.32. The summed E-state index contributed by atoms with van der Waals surface area (Å²) in [7, 11) is -2.29. The van der Waals surface area contributed by atoms with Gasteiger partial charge in [-0.3, -0.25) is 4.98 Å². The molecule has 7 heteroatoms. The average Bonchev–Trinajstić information content (AvgIpc) is 2.58. The zero-order valence-corrected chi connectivity index (χ0v) is 8.69. The molecule has 0 aliphatic heterocycles. The quantitative estimate of drug-likeness (QED) is 0.717. The molecule has 2 heterocycles. The normalized spacial score (nSPS) is 12.1. The number of aromatic nitrogens is 2. The van der Waals surface area contributed by atoms with E-state index in [0.29, 0.717) is 5.52 Å². The van der Waals surface area contributed by atoms with Gasteiger partial charge in [0.05, 0.1) is 6.20 Å². The van der Waals surface area contributed by atoms with Crippen LogP contribution in [0.4, 0.5) is 0 Å². The van der Waals surface area contributed by atoms with Crippen molar-refractivity contribution in [1.29, 1.82) is 0 Å². The number of sulfonamides is 1. The van der Waals surface area contributed by atoms with Crippen LogP contribution in [0, 0.1) is 0 Å². The highest BCUT2D eigenvalue weighted by atomic mass is 32.2. The molecule has 2 aromatic heterocycles. The van der Waals surface area contributed by atoms with Crippen LogP contribution in [-0.2, 0) is 10.0 Å².